The quantitative estimate of drug-likeness (QED) is 0.322. The third kappa shape index (κ3) is 4.91. The fourth-order valence-corrected chi connectivity index (χ4v) is 10.2. The van der Waals surface area contributed by atoms with Crippen molar-refractivity contribution in [3.05, 3.63) is 0 Å². The molecule has 0 spiro atoms. The number of aldehydes is 1. The van der Waals surface area contributed by atoms with Crippen molar-refractivity contribution in [1.29, 1.82) is 0 Å². The fourth-order valence-electron chi connectivity index (χ4n) is 4.89. The molecule has 168 valence electrons. The average molecular weight is 427 g/mol. The van der Waals surface area contributed by atoms with Crippen molar-refractivity contribution in [2.45, 2.75) is 105 Å². The molecule has 29 heavy (non-hydrogen) atoms. The van der Waals surface area contributed by atoms with Crippen LogP contribution in [-0.4, -0.2) is 38.6 Å². The van der Waals surface area contributed by atoms with E-state index in [2.05, 4.69) is 41.5 Å². The Balaban J connectivity index is 3.50. The van der Waals surface area contributed by atoms with Crippen LogP contribution in [0.15, 0.2) is 0 Å². The first-order chi connectivity index (χ1) is 13.1. The van der Waals surface area contributed by atoms with Crippen LogP contribution in [0.3, 0.4) is 0 Å². The van der Waals surface area contributed by atoms with Crippen LogP contribution in [0.1, 0.15) is 82.6 Å². The minimum Gasteiger partial charge on any atom is -0.389 e. The Morgan fingerprint density at radius 2 is 1.41 bits per heavy atom. The molecular formula is C23H42O5Si. The van der Waals surface area contributed by atoms with E-state index in [0.29, 0.717) is 6.42 Å². The first-order valence-corrected chi connectivity index (χ1v) is 12.7. The molecule has 0 aromatic carbocycles. The largest absolute Gasteiger partial charge is 0.389 e. The van der Waals surface area contributed by atoms with Gasteiger partial charge in [-0.3, -0.25) is 9.59 Å². The summed E-state index contributed by atoms with van der Waals surface area (Å²) in [6.45, 7) is 21.9. The molecule has 1 saturated heterocycles. The fraction of sp³-hybridized carbons (Fsp3) is 0.870. The summed E-state index contributed by atoms with van der Waals surface area (Å²) < 4.78 is 13.6. The zero-order chi connectivity index (χ0) is 22.9. The summed E-state index contributed by atoms with van der Waals surface area (Å²) in [6.07, 6.45) is 0.575. The molecule has 0 aromatic rings. The highest BCUT2D eigenvalue weighted by atomic mass is 28.4. The maximum absolute atomic E-state index is 13.1. The maximum atomic E-state index is 13.1. The molecule has 5 nitrogen and oxygen atoms in total. The van der Waals surface area contributed by atoms with Gasteiger partial charge in [0, 0.05) is 34.3 Å². The zero-order valence-electron chi connectivity index (χ0n) is 20.3. The smallest absolute Gasteiger partial charge is 0.349 e. The molecule has 0 amide bonds. The molecule has 1 rings (SSSR count). The van der Waals surface area contributed by atoms with E-state index in [1.807, 2.05) is 20.8 Å². The highest BCUT2D eigenvalue weighted by Gasteiger charge is 2.64. The van der Waals surface area contributed by atoms with Gasteiger partial charge in [0.05, 0.1) is 18.1 Å². The van der Waals surface area contributed by atoms with Crippen molar-refractivity contribution >= 4 is 26.4 Å². The Labute approximate surface area is 178 Å². The molecule has 6 atom stereocenters. The maximum Gasteiger partial charge on any atom is 0.349 e. The number of hydrogen-bond acceptors (Lipinski definition) is 5. The van der Waals surface area contributed by atoms with Crippen LogP contribution in [0.2, 0.25) is 10.1 Å². The summed E-state index contributed by atoms with van der Waals surface area (Å²) in [4.78, 5) is 37.0. The molecule has 0 saturated carbocycles. The second-order valence-corrected chi connectivity index (χ2v) is 15.6. The third-order valence-electron chi connectivity index (χ3n) is 6.55. The van der Waals surface area contributed by atoms with E-state index in [0.717, 1.165) is 6.29 Å². The van der Waals surface area contributed by atoms with Gasteiger partial charge in [-0.2, -0.15) is 0 Å². The number of hydrogen-bond donors (Lipinski definition) is 0. The van der Waals surface area contributed by atoms with Gasteiger partial charge >= 0.3 is 8.56 Å². The SMILES string of the molecule is CCC(=O)C(C)C(=O)[C@@H](C)[C@H]1O[Si](C(C)(C)C)(C(C)(C)C)O[C@@H]([C@H](C)C=O)[C@H]1C. The third-order valence-corrected chi connectivity index (χ3v) is 11.7. The number of Topliss-reactive ketones (excluding diaryl/α,β-unsaturated/α-hetero) is 2. The van der Waals surface area contributed by atoms with Gasteiger partial charge in [-0.15, -0.1) is 0 Å². The lowest BCUT2D eigenvalue weighted by Gasteiger charge is -2.58. The van der Waals surface area contributed by atoms with Crippen LogP contribution in [0, 0.1) is 23.7 Å². The monoisotopic (exact) mass is 426 g/mol. The number of carbonyl (C=O) groups excluding carboxylic acids is 3. The van der Waals surface area contributed by atoms with Gasteiger partial charge in [-0.05, 0) is 6.92 Å². The van der Waals surface area contributed by atoms with Gasteiger partial charge in [0.1, 0.15) is 17.9 Å². The van der Waals surface area contributed by atoms with Crippen molar-refractivity contribution in [1.82, 2.24) is 0 Å². The molecule has 1 heterocycles. The van der Waals surface area contributed by atoms with Crippen molar-refractivity contribution in [3.8, 4) is 0 Å². The molecule has 0 aromatic heterocycles. The second kappa shape index (κ2) is 9.11. The summed E-state index contributed by atoms with van der Waals surface area (Å²) in [5, 5.41) is -0.532. The predicted molar refractivity (Wildman–Crippen MR) is 118 cm³/mol. The average Bonchev–Trinajstić information content (AvgIpc) is 2.63. The van der Waals surface area contributed by atoms with Crippen molar-refractivity contribution in [2.75, 3.05) is 0 Å². The Kier molecular flexibility index (Phi) is 8.22. The van der Waals surface area contributed by atoms with Crippen molar-refractivity contribution in [3.63, 3.8) is 0 Å². The summed E-state index contributed by atoms with van der Waals surface area (Å²) in [5.41, 5.74) is 0. The highest BCUT2D eigenvalue weighted by Crippen LogP contribution is 2.57. The lowest BCUT2D eigenvalue weighted by Crippen LogP contribution is -2.68. The van der Waals surface area contributed by atoms with Crippen LogP contribution < -0.4 is 0 Å². The Bertz CT molecular complexity index is 602. The van der Waals surface area contributed by atoms with Crippen LogP contribution in [0.5, 0.6) is 0 Å². The molecule has 0 radical (unpaired) electrons. The molecule has 6 heteroatoms. The zero-order valence-corrected chi connectivity index (χ0v) is 21.3. The molecule has 1 fully saturated rings. The summed E-state index contributed by atoms with van der Waals surface area (Å²) >= 11 is 0. The molecule has 0 bridgehead atoms. The number of carbonyl (C=O) groups is 3. The van der Waals surface area contributed by atoms with E-state index < -0.39 is 20.4 Å². The van der Waals surface area contributed by atoms with E-state index in [1.165, 1.54) is 0 Å². The van der Waals surface area contributed by atoms with Crippen LogP contribution in [0.4, 0.5) is 0 Å². The molecule has 0 aliphatic carbocycles. The summed E-state index contributed by atoms with van der Waals surface area (Å²) in [5.74, 6) is -1.66. The van der Waals surface area contributed by atoms with E-state index >= 15 is 0 Å². The van der Waals surface area contributed by atoms with Gasteiger partial charge in [0.15, 0.2) is 0 Å². The van der Waals surface area contributed by atoms with Gasteiger partial charge in [-0.25, -0.2) is 0 Å². The summed E-state index contributed by atoms with van der Waals surface area (Å²) in [7, 11) is -2.91. The van der Waals surface area contributed by atoms with Crippen LogP contribution in [0.25, 0.3) is 0 Å². The first-order valence-electron chi connectivity index (χ1n) is 10.9. The molecular weight excluding hydrogens is 384 g/mol. The first kappa shape index (κ1) is 26.2. The minimum absolute atomic E-state index is 0.0467. The minimum atomic E-state index is -2.91. The lowest BCUT2D eigenvalue weighted by molar-refractivity contribution is -0.144. The van der Waals surface area contributed by atoms with Gasteiger partial charge in [-0.1, -0.05) is 69.2 Å². The summed E-state index contributed by atoms with van der Waals surface area (Å²) in [6, 6.07) is 0. The standard InChI is InChI=1S/C23H42O5Si/c1-12-18(25)15(3)19(26)16(4)21-17(5)20(14(2)13-24)27-29(28-21,22(6,7)8)23(9,10)11/h13-17,20-21H,12H2,1-11H3/t14-,15?,16-,17-,20+,21-/m1/s1. The predicted octanol–water partition coefficient (Wildman–Crippen LogP) is 5.10. The van der Waals surface area contributed by atoms with Gasteiger partial charge in [0.25, 0.3) is 0 Å². The Morgan fingerprint density at radius 1 is 0.966 bits per heavy atom. The van der Waals surface area contributed by atoms with E-state index in [-0.39, 0.29) is 45.7 Å². The van der Waals surface area contributed by atoms with Crippen molar-refractivity contribution < 1.29 is 23.2 Å². The van der Waals surface area contributed by atoms with E-state index in [1.54, 1.807) is 13.8 Å². The normalized spacial score (nSPS) is 28.3. The number of rotatable bonds is 7. The topological polar surface area (TPSA) is 69.7 Å². The second-order valence-electron chi connectivity index (χ2n) is 10.9. The van der Waals surface area contributed by atoms with Gasteiger partial charge in [0.2, 0.25) is 0 Å². The highest BCUT2D eigenvalue weighted by molar-refractivity contribution is 6.73. The van der Waals surface area contributed by atoms with Crippen LogP contribution >= 0.6 is 0 Å². The Hall–Kier alpha value is -0.853. The van der Waals surface area contributed by atoms with E-state index in [4.69, 9.17) is 8.85 Å². The molecule has 1 aliphatic heterocycles. The number of ketones is 2. The lowest BCUT2D eigenvalue weighted by atomic mass is 9.80. The Morgan fingerprint density at radius 3 is 1.79 bits per heavy atom. The van der Waals surface area contributed by atoms with E-state index in [9.17, 15) is 14.4 Å². The molecule has 1 unspecified atom stereocenters. The van der Waals surface area contributed by atoms with Crippen molar-refractivity contribution in [2.24, 2.45) is 23.7 Å². The molecule has 1 aliphatic rings. The molecule has 0 N–H and O–H groups in total. The van der Waals surface area contributed by atoms with Gasteiger partial charge < -0.3 is 13.6 Å². The van der Waals surface area contributed by atoms with Crippen LogP contribution in [-0.2, 0) is 23.2 Å².